The standard InChI is InChI=1S/C9H7BrF4/c10-5-4-6-7(9(12,13)14)2-1-3-8(6)11/h1-3H,4-5H2. The first-order valence-electron chi connectivity index (χ1n) is 3.87. The second kappa shape index (κ2) is 4.29. The van der Waals surface area contributed by atoms with E-state index in [0.717, 1.165) is 18.2 Å². The molecule has 0 aliphatic rings. The summed E-state index contributed by atoms with van der Waals surface area (Å²) in [5.74, 6) is -0.806. The van der Waals surface area contributed by atoms with Crippen LogP contribution in [0, 0.1) is 5.82 Å². The van der Waals surface area contributed by atoms with Crippen molar-refractivity contribution < 1.29 is 17.6 Å². The van der Waals surface area contributed by atoms with Crippen molar-refractivity contribution in [2.24, 2.45) is 0 Å². The molecule has 0 nitrogen and oxygen atoms in total. The van der Waals surface area contributed by atoms with Crippen LogP contribution in [0.5, 0.6) is 0 Å². The van der Waals surface area contributed by atoms with E-state index in [1.807, 2.05) is 0 Å². The van der Waals surface area contributed by atoms with Crippen molar-refractivity contribution in [3.8, 4) is 0 Å². The molecule has 0 aliphatic heterocycles. The highest BCUT2D eigenvalue weighted by atomic mass is 79.9. The minimum absolute atomic E-state index is 0.0293. The maximum absolute atomic E-state index is 13.0. The zero-order chi connectivity index (χ0) is 10.8. The summed E-state index contributed by atoms with van der Waals surface area (Å²) in [5.41, 5.74) is -1.17. The van der Waals surface area contributed by atoms with E-state index >= 15 is 0 Å². The van der Waals surface area contributed by atoms with Gasteiger partial charge in [0.05, 0.1) is 5.56 Å². The highest BCUT2D eigenvalue weighted by molar-refractivity contribution is 9.09. The number of hydrogen-bond donors (Lipinski definition) is 0. The summed E-state index contributed by atoms with van der Waals surface area (Å²) >= 11 is 2.99. The Bertz CT molecular complexity index is 319. The van der Waals surface area contributed by atoms with Gasteiger partial charge in [0.2, 0.25) is 0 Å². The molecule has 0 spiro atoms. The number of rotatable bonds is 2. The lowest BCUT2D eigenvalue weighted by molar-refractivity contribution is -0.138. The Morgan fingerprint density at radius 3 is 2.36 bits per heavy atom. The van der Waals surface area contributed by atoms with Crippen LogP contribution in [0.1, 0.15) is 11.1 Å². The van der Waals surface area contributed by atoms with Crippen LogP contribution < -0.4 is 0 Å². The number of halogens is 5. The van der Waals surface area contributed by atoms with Crippen molar-refractivity contribution in [2.75, 3.05) is 5.33 Å². The minimum atomic E-state index is -4.49. The molecule has 1 aromatic rings. The average molecular weight is 271 g/mol. The Kier molecular flexibility index (Phi) is 3.53. The fraction of sp³-hybridized carbons (Fsp3) is 0.333. The lowest BCUT2D eigenvalue weighted by atomic mass is 10.0. The average Bonchev–Trinajstić information content (AvgIpc) is 2.07. The van der Waals surface area contributed by atoms with E-state index in [-0.39, 0.29) is 12.0 Å². The third-order valence-corrected chi connectivity index (χ3v) is 2.17. The smallest absolute Gasteiger partial charge is 0.207 e. The van der Waals surface area contributed by atoms with E-state index in [2.05, 4.69) is 15.9 Å². The van der Waals surface area contributed by atoms with Gasteiger partial charge in [0.1, 0.15) is 5.82 Å². The van der Waals surface area contributed by atoms with E-state index in [1.54, 1.807) is 0 Å². The second-order valence-electron chi connectivity index (χ2n) is 2.70. The monoisotopic (exact) mass is 270 g/mol. The lowest BCUT2D eigenvalue weighted by Gasteiger charge is -2.12. The second-order valence-corrected chi connectivity index (χ2v) is 3.50. The van der Waals surface area contributed by atoms with Gasteiger partial charge in [0, 0.05) is 10.9 Å². The molecule has 0 fully saturated rings. The molecule has 1 aromatic carbocycles. The molecule has 0 N–H and O–H groups in total. The first kappa shape index (κ1) is 11.5. The molecule has 0 aliphatic carbocycles. The van der Waals surface area contributed by atoms with Crippen molar-refractivity contribution in [1.29, 1.82) is 0 Å². The van der Waals surface area contributed by atoms with Crippen molar-refractivity contribution in [3.63, 3.8) is 0 Å². The van der Waals surface area contributed by atoms with E-state index < -0.39 is 17.6 Å². The molecule has 1 rings (SSSR count). The van der Waals surface area contributed by atoms with Crippen LogP contribution in [0.3, 0.4) is 0 Å². The van der Waals surface area contributed by atoms with Crippen LogP contribution in [0.25, 0.3) is 0 Å². The Hall–Kier alpha value is -0.580. The predicted molar refractivity (Wildman–Crippen MR) is 48.9 cm³/mol. The summed E-state index contributed by atoms with van der Waals surface area (Å²) in [5, 5.41) is 0.303. The molecule has 0 radical (unpaired) electrons. The highest BCUT2D eigenvalue weighted by Crippen LogP contribution is 2.33. The number of benzene rings is 1. The van der Waals surface area contributed by atoms with Gasteiger partial charge in [-0.25, -0.2) is 4.39 Å². The quantitative estimate of drug-likeness (QED) is 0.567. The Balaban J connectivity index is 3.21. The molecule has 0 saturated heterocycles. The summed E-state index contributed by atoms with van der Waals surface area (Å²) in [6.07, 6.45) is -4.46. The van der Waals surface area contributed by atoms with Gasteiger partial charge in [-0.1, -0.05) is 22.0 Å². The van der Waals surface area contributed by atoms with Crippen LogP contribution in [-0.4, -0.2) is 5.33 Å². The Labute approximate surface area is 87.1 Å². The van der Waals surface area contributed by atoms with Crippen molar-refractivity contribution >= 4 is 15.9 Å². The molecule has 0 atom stereocenters. The Morgan fingerprint density at radius 2 is 1.86 bits per heavy atom. The van der Waals surface area contributed by atoms with Gasteiger partial charge in [0.15, 0.2) is 0 Å². The topological polar surface area (TPSA) is 0 Å². The molecule has 0 saturated carbocycles. The maximum Gasteiger partial charge on any atom is 0.416 e. The van der Waals surface area contributed by atoms with Gasteiger partial charge in [-0.15, -0.1) is 0 Å². The third kappa shape index (κ3) is 2.47. The van der Waals surface area contributed by atoms with Crippen molar-refractivity contribution in [2.45, 2.75) is 12.6 Å². The van der Waals surface area contributed by atoms with E-state index in [9.17, 15) is 17.6 Å². The summed E-state index contributed by atoms with van der Waals surface area (Å²) in [6.45, 7) is 0. The van der Waals surface area contributed by atoms with Gasteiger partial charge in [-0.2, -0.15) is 13.2 Å². The van der Waals surface area contributed by atoms with Crippen LogP contribution >= 0.6 is 15.9 Å². The normalized spacial score (nSPS) is 11.8. The molecule has 0 amide bonds. The molecule has 5 heteroatoms. The minimum Gasteiger partial charge on any atom is -0.207 e. The zero-order valence-corrected chi connectivity index (χ0v) is 8.62. The summed E-state index contributed by atoms with van der Waals surface area (Å²) in [4.78, 5) is 0. The fourth-order valence-electron chi connectivity index (χ4n) is 1.17. The lowest BCUT2D eigenvalue weighted by Crippen LogP contribution is -2.11. The molecular weight excluding hydrogens is 264 g/mol. The largest absolute Gasteiger partial charge is 0.416 e. The van der Waals surface area contributed by atoms with Crippen LogP contribution in [0.2, 0.25) is 0 Å². The maximum atomic E-state index is 13.0. The van der Waals surface area contributed by atoms with E-state index in [0.29, 0.717) is 5.33 Å². The summed E-state index contributed by atoms with van der Waals surface area (Å²) in [6, 6.07) is 2.99. The SMILES string of the molecule is Fc1cccc(C(F)(F)F)c1CCBr. The van der Waals surface area contributed by atoms with Gasteiger partial charge in [-0.3, -0.25) is 0 Å². The number of alkyl halides is 4. The van der Waals surface area contributed by atoms with Gasteiger partial charge >= 0.3 is 6.18 Å². The van der Waals surface area contributed by atoms with Crippen molar-refractivity contribution in [1.82, 2.24) is 0 Å². The molecule has 0 aromatic heterocycles. The zero-order valence-electron chi connectivity index (χ0n) is 7.04. The third-order valence-electron chi connectivity index (χ3n) is 1.77. The van der Waals surface area contributed by atoms with Crippen LogP contribution in [-0.2, 0) is 12.6 Å². The molecule has 14 heavy (non-hydrogen) atoms. The summed E-state index contributed by atoms with van der Waals surface area (Å²) in [7, 11) is 0. The fourth-order valence-corrected chi connectivity index (χ4v) is 1.57. The van der Waals surface area contributed by atoms with Crippen molar-refractivity contribution in [3.05, 3.63) is 35.1 Å². The molecule has 0 bridgehead atoms. The van der Waals surface area contributed by atoms with E-state index in [4.69, 9.17) is 0 Å². The molecule has 78 valence electrons. The van der Waals surface area contributed by atoms with Gasteiger partial charge < -0.3 is 0 Å². The van der Waals surface area contributed by atoms with Crippen LogP contribution in [0.4, 0.5) is 17.6 Å². The molecular formula is C9H7BrF4. The highest BCUT2D eigenvalue weighted by Gasteiger charge is 2.33. The summed E-state index contributed by atoms with van der Waals surface area (Å²) < 4.78 is 50.2. The first-order chi connectivity index (χ1) is 6.46. The number of hydrogen-bond acceptors (Lipinski definition) is 0. The van der Waals surface area contributed by atoms with E-state index in [1.165, 1.54) is 0 Å². The predicted octanol–water partition coefficient (Wildman–Crippen LogP) is 3.78. The van der Waals surface area contributed by atoms with Gasteiger partial charge in [-0.05, 0) is 18.6 Å². The van der Waals surface area contributed by atoms with Gasteiger partial charge in [0.25, 0.3) is 0 Å². The Morgan fingerprint density at radius 1 is 1.21 bits per heavy atom. The molecule has 0 heterocycles. The molecule has 0 unspecified atom stereocenters. The first-order valence-corrected chi connectivity index (χ1v) is 4.99. The van der Waals surface area contributed by atoms with Crippen LogP contribution in [0.15, 0.2) is 18.2 Å².